The van der Waals surface area contributed by atoms with Gasteiger partial charge in [0, 0.05) is 43.2 Å². The molecular formula is C34H31F3N2O5. The summed E-state index contributed by atoms with van der Waals surface area (Å²) >= 11 is 0. The Hall–Kier alpha value is -4.99. The standard InChI is InChI=1S/C34H31F3N2O5/c1-42-26-13-9-23(10-14-26)21-32(40)39-19-17-27(18-20-39)43-29-6-4-5-25(22-29)38-33(41)31-8-3-2-7-30(31)24-11-15-28(16-12-24)44-34(35,36)37/h2-16,22,27H,17-21H2,1H3,(H,38,41). The highest BCUT2D eigenvalue weighted by molar-refractivity contribution is 6.08. The van der Waals surface area contributed by atoms with Gasteiger partial charge in [-0.2, -0.15) is 0 Å². The predicted molar refractivity (Wildman–Crippen MR) is 160 cm³/mol. The smallest absolute Gasteiger partial charge is 0.497 e. The number of alkyl halides is 3. The number of halogens is 3. The molecule has 0 unspecified atom stereocenters. The van der Waals surface area contributed by atoms with E-state index in [0.717, 1.165) is 11.3 Å². The average molecular weight is 605 g/mol. The summed E-state index contributed by atoms with van der Waals surface area (Å²) in [4.78, 5) is 27.9. The molecule has 0 aromatic heterocycles. The van der Waals surface area contributed by atoms with Crippen molar-refractivity contribution in [2.24, 2.45) is 0 Å². The Morgan fingerprint density at radius 2 is 1.52 bits per heavy atom. The summed E-state index contributed by atoms with van der Waals surface area (Å²) in [7, 11) is 1.60. The van der Waals surface area contributed by atoms with Gasteiger partial charge in [-0.3, -0.25) is 9.59 Å². The lowest BCUT2D eigenvalue weighted by Crippen LogP contribution is -2.42. The van der Waals surface area contributed by atoms with E-state index in [4.69, 9.17) is 9.47 Å². The number of piperidine rings is 1. The van der Waals surface area contributed by atoms with Gasteiger partial charge in [-0.15, -0.1) is 13.2 Å². The molecule has 4 aromatic rings. The number of carbonyl (C=O) groups excluding carboxylic acids is 2. The molecule has 2 amide bonds. The normalized spacial score (nSPS) is 13.7. The number of nitrogens with zero attached hydrogens (tertiary/aromatic N) is 1. The lowest BCUT2D eigenvalue weighted by molar-refractivity contribution is -0.274. The van der Waals surface area contributed by atoms with Crippen LogP contribution in [0.4, 0.5) is 18.9 Å². The Kier molecular flexibility index (Phi) is 9.38. The van der Waals surface area contributed by atoms with E-state index in [1.807, 2.05) is 35.2 Å². The average Bonchev–Trinajstić information content (AvgIpc) is 3.01. The number of hydrogen-bond acceptors (Lipinski definition) is 5. The van der Waals surface area contributed by atoms with Crippen LogP contribution in [-0.4, -0.2) is 49.4 Å². The Balaban J connectivity index is 1.16. The quantitative estimate of drug-likeness (QED) is 0.220. The third-order valence-electron chi connectivity index (χ3n) is 7.27. The van der Waals surface area contributed by atoms with Gasteiger partial charge in [0.1, 0.15) is 23.4 Å². The molecule has 4 aromatic carbocycles. The van der Waals surface area contributed by atoms with E-state index in [1.54, 1.807) is 49.6 Å². The molecule has 5 rings (SSSR count). The largest absolute Gasteiger partial charge is 0.573 e. The van der Waals surface area contributed by atoms with Crippen molar-refractivity contribution in [3.05, 3.63) is 108 Å². The van der Waals surface area contributed by atoms with Gasteiger partial charge in [0.25, 0.3) is 5.91 Å². The van der Waals surface area contributed by atoms with Crippen molar-refractivity contribution in [1.82, 2.24) is 4.90 Å². The number of benzene rings is 4. The minimum atomic E-state index is -4.79. The number of amides is 2. The Morgan fingerprint density at radius 3 is 2.20 bits per heavy atom. The summed E-state index contributed by atoms with van der Waals surface area (Å²) in [5.41, 5.74) is 2.95. The van der Waals surface area contributed by atoms with Gasteiger partial charge in [-0.25, -0.2) is 0 Å². The number of methoxy groups -OCH3 is 1. The van der Waals surface area contributed by atoms with Crippen LogP contribution in [0, 0.1) is 0 Å². The van der Waals surface area contributed by atoms with E-state index in [1.165, 1.54) is 24.3 Å². The minimum Gasteiger partial charge on any atom is -0.497 e. The molecule has 0 radical (unpaired) electrons. The van der Waals surface area contributed by atoms with E-state index < -0.39 is 6.36 Å². The van der Waals surface area contributed by atoms with E-state index in [9.17, 15) is 22.8 Å². The van der Waals surface area contributed by atoms with E-state index in [2.05, 4.69) is 10.1 Å². The zero-order valence-corrected chi connectivity index (χ0v) is 24.0. The second-order valence-corrected chi connectivity index (χ2v) is 10.3. The Labute approximate surface area is 253 Å². The van der Waals surface area contributed by atoms with Gasteiger partial charge in [0.2, 0.25) is 5.91 Å². The molecule has 228 valence electrons. The summed E-state index contributed by atoms with van der Waals surface area (Å²) in [6.45, 7) is 1.19. The number of nitrogens with one attached hydrogen (secondary N) is 1. The van der Waals surface area contributed by atoms with E-state index >= 15 is 0 Å². The van der Waals surface area contributed by atoms with Crippen LogP contribution in [0.5, 0.6) is 17.2 Å². The Morgan fingerprint density at radius 1 is 0.841 bits per heavy atom. The first-order chi connectivity index (χ1) is 21.2. The first-order valence-corrected chi connectivity index (χ1v) is 14.1. The van der Waals surface area contributed by atoms with Gasteiger partial charge in [0.05, 0.1) is 13.5 Å². The highest BCUT2D eigenvalue weighted by atomic mass is 19.4. The number of rotatable bonds is 9. The molecule has 1 aliphatic heterocycles. The number of carbonyl (C=O) groups is 2. The van der Waals surface area contributed by atoms with Crippen LogP contribution < -0.4 is 19.5 Å². The number of ether oxygens (including phenoxy) is 3. The van der Waals surface area contributed by atoms with Crippen molar-refractivity contribution in [1.29, 1.82) is 0 Å². The van der Waals surface area contributed by atoms with Crippen LogP contribution in [0.2, 0.25) is 0 Å². The van der Waals surface area contributed by atoms with Crippen molar-refractivity contribution >= 4 is 17.5 Å². The molecule has 10 heteroatoms. The molecule has 1 N–H and O–H groups in total. The summed E-state index contributed by atoms with van der Waals surface area (Å²) in [5.74, 6) is 0.700. The zero-order chi connectivity index (χ0) is 31.1. The highest BCUT2D eigenvalue weighted by Gasteiger charge is 2.31. The van der Waals surface area contributed by atoms with Crippen molar-refractivity contribution in [2.75, 3.05) is 25.5 Å². The van der Waals surface area contributed by atoms with E-state index in [0.29, 0.717) is 60.5 Å². The summed E-state index contributed by atoms with van der Waals surface area (Å²) in [6.07, 6.45) is -3.16. The second-order valence-electron chi connectivity index (χ2n) is 10.3. The van der Waals surface area contributed by atoms with Crippen LogP contribution in [0.1, 0.15) is 28.8 Å². The first-order valence-electron chi connectivity index (χ1n) is 14.1. The fourth-order valence-electron chi connectivity index (χ4n) is 5.06. The topological polar surface area (TPSA) is 77.1 Å². The molecular weight excluding hydrogens is 573 g/mol. The molecule has 44 heavy (non-hydrogen) atoms. The molecule has 1 fully saturated rings. The van der Waals surface area contributed by atoms with Crippen LogP contribution in [0.15, 0.2) is 97.1 Å². The molecule has 0 aliphatic carbocycles. The van der Waals surface area contributed by atoms with Gasteiger partial charge < -0.3 is 24.4 Å². The SMILES string of the molecule is COc1ccc(CC(=O)N2CCC(Oc3cccc(NC(=O)c4ccccc4-c4ccc(OC(F)(F)F)cc4)c3)CC2)cc1. The van der Waals surface area contributed by atoms with Crippen LogP contribution >= 0.6 is 0 Å². The molecule has 0 atom stereocenters. The lowest BCUT2D eigenvalue weighted by Gasteiger charge is -2.32. The third-order valence-corrected chi connectivity index (χ3v) is 7.27. The fourth-order valence-corrected chi connectivity index (χ4v) is 5.06. The maximum absolute atomic E-state index is 13.3. The fraction of sp³-hybridized carbons (Fsp3) is 0.235. The summed E-state index contributed by atoms with van der Waals surface area (Å²) in [5, 5.41) is 2.89. The molecule has 0 bridgehead atoms. The molecule has 0 saturated carbocycles. The monoisotopic (exact) mass is 604 g/mol. The lowest BCUT2D eigenvalue weighted by atomic mass is 9.99. The van der Waals surface area contributed by atoms with Crippen molar-refractivity contribution in [3.8, 4) is 28.4 Å². The molecule has 0 spiro atoms. The molecule has 7 nitrogen and oxygen atoms in total. The summed E-state index contributed by atoms with van der Waals surface area (Å²) in [6, 6.07) is 26.8. The van der Waals surface area contributed by atoms with Gasteiger partial charge in [-0.1, -0.05) is 48.5 Å². The van der Waals surface area contributed by atoms with Crippen molar-refractivity contribution in [2.45, 2.75) is 31.7 Å². The minimum absolute atomic E-state index is 0.0731. The van der Waals surface area contributed by atoms with Crippen LogP contribution in [-0.2, 0) is 11.2 Å². The summed E-state index contributed by atoms with van der Waals surface area (Å²) < 4.78 is 52.9. The second kappa shape index (κ2) is 13.5. The Bertz CT molecular complexity index is 1580. The van der Waals surface area contributed by atoms with Crippen molar-refractivity contribution < 1.29 is 37.0 Å². The van der Waals surface area contributed by atoms with Crippen LogP contribution in [0.3, 0.4) is 0 Å². The molecule has 1 aliphatic rings. The molecule has 1 heterocycles. The molecule has 1 saturated heterocycles. The van der Waals surface area contributed by atoms with E-state index in [-0.39, 0.29) is 23.7 Å². The number of anilines is 1. The predicted octanol–water partition coefficient (Wildman–Crippen LogP) is 7.13. The zero-order valence-electron chi connectivity index (χ0n) is 24.0. The maximum atomic E-state index is 13.3. The van der Waals surface area contributed by atoms with Crippen molar-refractivity contribution in [3.63, 3.8) is 0 Å². The van der Waals surface area contributed by atoms with Gasteiger partial charge in [-0.05, 0) is 59.2 Å². The number of hydrogen-bond donors (Lipinski definition) is 1. The number of likely N-dealkylation sites (tertiary alicyclic amines) is 1. The van der Waals surface area contributed by atoms with Crippen LogP contribution in [0.25, 0.3) is 11.1 Å². The van der Waals surface area contributed by atoms with Gasteiger partial charge >= 0.3 is 6.36 Å². The highest BCUT2D eigenvalue weighted by Crippen LogP contribution is 2.30. The first kappa shape index (κ1) is 30.5. The van der Waals surface area contributed by atoms with Gasteiger partial charge in [0.15, 0.2) is 0 Å². The maximum Gasteiger partial charge on any atom is 0.573 e. The third kappa shape index (κ3) is 8.09.